The molecule has 2 aromatic rings. The standard InChI is InChI=1S/C14H16ClN3O2/c1-9(13-6-7-16-18(13)2)17-12-5-4-10(15)8-11(12)14(19)20-3/h4-9,17H,1-3H3. The molecule has 2 rings (SSSR count). The molecule has 0 spiro atoms. The van der Waals surface area contributed by atoms with Crippen molar-refractivity contribution in [1.82, 2.24) is 9.78 Å². The van der Waals surface area contributed by atoms with Crippen molar-refractivity contribution < 1.29 is 9.53 Å². The Morgan fingerprint density at radius 1 is 1.45 bits per heavy atom. The fourth-order valence-corrected chi connectivity index (χ4v) is 2.21. The molecular formula is C14H16ClN3O2. The Morgan fingerprint density at radius 3 is 2.80 bits per heavy atom. The minimum Gasteiger partial charge on any atom is -0.465 e. The molecular weight excluding hydrogens is 278 g/mol. The molecule has 0 fully saturated rings. The zero-order valence-corrected chi connectivity index (χ0v) is 12.3. The third-order valence-electron chi connectivity index (χ3n) is 3.06. The monoisotopic (exact) mass is 293 g/mol. The Kier molecular flexibility index (Phi) is 4.29. The number of carbonyl (C=O) groups excluding carboxylic acids is 1. The number of aromatic nitrogens is 2. The third-order valence-corrected chi connectivity index (χ3v) is 3.30. The van der Waals surface area contributed by atoms with Crippen molar-refractivity contribution in [2.24, 2.45) is 7.05 Å². The summed E-state index contributed by atoms with van der Waals surface area (Å²) in [7, 11) is 3.22. The lowest BCUT2D eigenvalue weighted by Crippen LogP contribution is -2.14. The molecule has 0 aliphatic rings. The van der Waals surface area contributed by atoms with Gasteiger partial charge in [-0.1, -0.05) is 11.6 Å². The van der Waals surface area contributed by atoms with Crippen LogP contribution >= 0.6 is 11.6 Å². The highest BCUT2D eigenvalue weighted by atomic mass is 35.5. The van der Waals surface area contributed by atoms with E-state index in [1.807, 2.05) is 20.0 Å². The zero-order chi connectivity index (χ0) is 14.7. The van der Waals surface area contributed by atoms with Gasteiger partial charge in [0.05, 0.1) is 24.4 Å². The fraction of sp³-hybridized carbons (Fsp3) is 0.286. The van der Waals surface area contributed by atoms with Crippen molar-refractivity contribution in [3.05, 3.63) is 46.7 Å². The smallest absolute Gasteiger partial charge is 0.340 e. The average Bonchev–Trinajstić information content (AvgIpc) is 2.86. The molecule has 1 aromatic heterocycles. The van der Waals surface area contributed by atoms with Gasteiger partial charge in [0, 0.05) is 24.0 Å². The van der Waals surface area contributed by atoms with Crippen molar-refractivity contribution in [1.29, 1.82) is 0 Å². The van der Waals surface area contributed by atoms with Gasteiger partial charge < -0.3 is 10.1 Å². The number of anilines is 1. The van der Waals surface area contributed by atoms with Gasteiger partial charge in [0.2, 0.25) is 0 Å². The highest BCUT2D eigenvalue weighted by Gasteiger charge is 2.16. The lowest BCUT2D eigenvalue weighted by molar-refractivity contribution is 0.0602. The molecule has 0 radical (unpaired) electrons. The van der Waals surface area contributed by atoms with Gasteiger partial charge in [0.15, 0.2) is 0 Å². The first-order valence-electron chi connectivity index (χ1n) is 6.15. The van der Waals surface area contributed by atoms with E-state index >= 15 is 0 Å². The van der Waals surface area contributed by atoms with Crippen LogP contribution in [0.5, 0.6) is 0 Å². The lowest BCUT2D eigenvalue weighted by Gasteiger charge is -2.17. The maximum atomic E-state index is 11.8. The Morgan fingerprint density at radius 2 is 2.20 bits per heavy atom. The first kappa shape index (κ1) is 14.4. The van der Waals surface area contributed by atoms with E-state index in [9.17, 15) is 4.79 Å². The lowest BCUT2D eigenvalue weighted by atomic mass is 10.1. The Hall–Kier alpha value is -2.01. The predicted octanol–water partition coefficient (Wildman–Crippen LogP) is 3.03. The molecule has 6 heteroatoms. The van der Waals surface area contributed by atoms with Crippen LogP contribution in [0.25, 0.3) is 0 Å². The number of nitrogens with zero attached hydrogens (tertiary/aromatic N) is 2. The average molecular weight is 294 g/mol. The number of aryl methyl sites for hydroxylation is 1. The van der Waals surface area contributed by atoms with Crippen LogP contribution in [0.15, 0.2) is 30.5 Å². The number of methoxy groups -OCH3 is 1. The first-order valence-corrected chi connectivity index (χ1v) is 6.53. The highest BCUT2D eigenvalue weighted by molar-refractivity contribution is 6.31. The molecule has 106 valence electrons. The summed E-state index contributed by atoms with van der Waals surface area (Å²) in [5.41, 5.74) is 2.10. The van der Waals surface area contributed by atoms with E-state index < -0.39 is 5.97 Å². The van der Waals surface area contributed by atoms with E-state index in [-0.39, 0.29) is 6.04 Å². The molecule has 0 bridgehead atoms. The largest absolute Gasteiger partial charge is 0.465 e. The van der Waals surface area contributed by atoms with Gasteiger partial charge in [-0.15, -0.1) is 0 Å². The SMILES string of the molecule is COC(=O)c1cc(Cl)ccc1NC(C)c1ccnn1C. The minimum absolute atomic E-state index is 0.00733. The third kappa shape index (κ3) is 2.93. The first-order chi connectivity index (χ1) is 9.52. The molecule has 0 amide bonds. The van der Waals surface area contributed by atoms with Crippen molar-refractivity contribution in [2.45, 2.75) is 13.0 Å². The summed E-state index contributed by atoms with van der Waals surface area (Å²) >= 11 is 5.93. The summed E-state index contributed by atoms with van der Waals surface area (Å²) in [6.45, 7) is 1.99. The number of carbonyl (C=O) groups is 1. The summed E-state index contributed by atoms with van der Waals surface area (Å²) in [6, 6.07) is 7.00. The number of rotatable bonds is 4. The minimum atomic E-state index is -0.424. The summed E-state index contributed by atoms with van der Waals surface area (Å²) in [6.07, 6.45) is 1.73. The van der Waals surface area contributed by atoms with Gasteiger partial charge in [-0.05, 0) is 31.2 Å². The molecule has 0 aliphatic heterocycles. The normalized spacial score (nSPS) is 12.0. The van der Waals surface area contributed by atoms with E-state index in [0.717, 1.165) is 5.69 Å². The van der Waals surface area contributed by atoms with Gasteiger partial charge in [-0.25, -0.2) is 4.79 Å². The molecule has 1 atom stereocenters. The van der Waals surface area contributed by atoms with Crippen molar-refractivity contribution in [3.8, 4) is 0 Å². The molecule has 1 N–H and O–H groups in total. The highest BCUT2D eigenvalue weighted by Crippen LogP contribution is 2.25. The van der Waals surface area contributed by atoms with E-state index in [1.165, 1.54) is 7.11 Å². The number of halogens is 1. The topological polar surface area (TPSA) is 56.1 Å². The van der Waals surface area contributed by atoms with Crippen LogP contribution in [0.2, 0.25) is 5.02 Å². The van der Waals surface area contributed by atoms with Gasteiger partial charge >= 0.3 is 5.97 Å². The van der Waals surface area contributed by atoms with Crippen molar-refractivity contribution in [3.63, 3.8) is 0 Å². The van der Waals surface area contributed by atoms with Crippen LogP contribution in [0.3, 0.4) is 0 Å². The van der Waals surface area contributed by atoms with Gasteiger partial charge in [0.1, 0.15) is 0 Å². The van der Waals surface area contributed by atoms with Crippen LogP contribution in [-0.2, 0) is 11.8 Å². The fourth-order valence-electron chi connectivity index (χ4n) is 2.04. The Labute approximate surface area is 122 Å². The molecule has 20 heavy (non-hydrogen) atoms. The zero-order valence-electron chi connectivity index (χ0n) is 11.6. The van der Waals surface area contributed by atoms with E-state index in [1.54, 1.807) is 29.1 Å². The van der Waals surface area contributed by atoms with Gasteiger partial charge in [0.25, 0.3) is 0 Å². The molecule has 1 heterocycles. The van der Waals surface area contributed by atoms with E-state index in [0.29, 0.717) is 16.3 Å². The van der Waals surface area contributed by atoms with E-state index in [2.05, 4.69) is 10.4 Å². The number of hydrogen-bond acceptors (Lipinski definition) is 4. The second-order valence-corrected chi connectivity index (χ2v) is 4.86. The van der Waals surface area contributed by atoms with Crippen LogP contribution in [-0.4, -0.2) is 22.9 Å². The second kappa shape index (κ2) is 5.96. The number of nitrogens with one attached hydrogen (secondary N) is 1. The summed E-state index contributed by atoms with van der Waals surface area (Å²) in [5, 5.41) is 7.90. The summed E-state index contributed by atoms with van der Waals surface area (Å²) < 4.78 is 6.56. The molecule has 5 nitrogen and oxygen atoms in total. The molecule has 1 aromatic carbocycles. The molecule has 0 saturated heterocycles. The van der Waals surface area contributed by atoms with Crippen LogP contribution in [0.4, 0.5) is 5.69 Å². The summed E-state index contributed by atoms with van der Waals surface area (Å²) in [5.74, 6) is -0.424. The van der Waals surface area contributed by atoms with Gasteiger partial charge in [-0.3, -0.25) is 4.68 Å². The Bertz CT molecular complexity index is 625. The molecule has 0 saturated carbocycles. The summed E-state index contributed by atoms with van der Waals surface area (Å²) in [4.78, 5) is 11.8. The quantitative estimate of drug-likeness (QED) is 0.880. The van der Waals surface area contributed by atoms with Crippen LogP contribution in [0, 0.1) is 0 Å². The van der Waals surface area contributed by atoms with E-state index in [4.69, 9.17) is 16.3 Å². The number of ether oxygens (including phenoxy) is 1. The Balaban J connectivity index is 2.29. The molecule has 0 aliphatic carbocycles. The number of esters is 1. The molecule has 1 unspecified atom stereocenters. The van der Waals surface area contributed by atoms with Crippen LogP contribution in [0.1, 0.15) is 29.0 Å². The predicted molar refractivity (Wildman–Crippen MR) is 78.0 cm³/mol. The van der Waals surface area contributed by atoms with Crippen LogP contribution < -0.4 is 5.32 Å². The van der Waals surface area contributed by atoms with Gasteiger partial charge in [-0.2, -0.15) is 5.10 Å². The number of hydrogen-bond donors (Lipinski definition) is 1. The van der Waals surface area contributed by atoms with Crippen molar-refractivity contribution >= 4 is 23.3 Å². The van der Waals surface area contributed by atoms with Crippen molar-refractivity contribution in [2.75, 3.05) is 12.4 Å². The second-order valence-electron chi connectivity index (χ2n) is 4.43. The maximum Gasteiger partial charge on any atom is 0.340 e. The maximum absolute atomic E-state index is 11.8. The number of benzene rings is 1.